The van der Waals surface area contributed by atoms with Gasteiger partial charge in [0.25, 0.3) is 0 Å². The van der Waals surface area contributed by atoms with Crippen LogP contribution in [0.15, 0.2) is 4.99 Å². The Kier molecular flexibility index (Phi) is 7.28. The average molecular weight is 373 g/mol. The summed E-state index contributed by atoms with van der Waals surface area (Å²) < 4.78 is 0. The fourth-order valence-corrected chi connectivity index (χ4v) is 4.06. The topological polar surface area (TPSA) is 56.7 Å². The van der Waals surface area contributed by atoms with E-state index < -0.39 is 0 Å². The van der Waals surface area contributed by atoms with E-state index in [1.807, 2.05) is 7.05 Å². The average Bonchev–Trinajstić information content (AvgIpc) is 2.68. The first-order chi connectivity index (χ1) is 12.8. The molecule has 0 unspecified atom stereocenters. The molecule has 0 aromatic heterocycles. The van der Waals surface area contributed by atoms with Crippen molar-refractivity contribution in [2.45, 2.75) is 60.4 Å². The number of benzene rings is 1. The number of nitrogens with zero attached hydrogens (tertiary/aromatic N) is 2. The SMILES string of the molecule is CN=C(NCc1c(C)c(C)c(C)c(C)c1C)N1CCC(CC(=O)NC)CC1. The summed E-state index contributed by atoms with van der Waals surface area (Å²) in [6.07, 6.45) is 2.71. The van der Waals surface area contributed by atoms with Crippen LogP contribution in [-0.2, 0) is 11.3 Å². The normalized spacial score (nSPS) is 15.8. The van der Waals surface area contributed by atoms with E-state index in [2.05, 4.69) is 55.1 Å². The molecular formula is C22H36N4O. The number of hydrogen-bond donors (Lipinski definition) is 2. The Morgan fingerprint density at radius 2 is 1.52 bits per heavy atom. The largest absolute Gasteiger partial charge is 0.359 e. The van der Waals surface area contributed by atoms with Crippen LogP contribution in [0.1, 0.15) is 52.6 Å². The summed E-state index contributed by atoms with van der Waals surface area (Å²) in [4.78, 5) is 18.4. The van der Waals surface area contributed by atoms with E-state index in [0.717, 1.165) is 38.4 Å². The summed E-state index contributed by atoms with van der Waals surface area (Å²) in [5.41, 5.74) is 8.31. The van der Waals surface area contributed by atoms with E-state index in [4.69, 9.17) is 0 Å². The Labute approximate surface area is 164 Å². The molecule has 0 atom stereocenters. The number of aliphatic imine (C=N–C) groups is 1. The molecule has 1 aromatic carbocycles. The van der Waals surface area contributed by atoms with Crippen molar-refractivity contribution in [2.24, 2.45) is 10.9 Å². The highest BCUT2D eigenvalue weighted by atomic mass is 16.1. The van der Waals surface area contributed by atoms with Crippen molar-refractivity contribution in [1.29, 1.82) is 0 Å². The van der Waals surface area contributed by atoms with E-state index in [1.54, 1.807) is 7.05 Å². The van der Waals surface area contributed by atoms with Gasteiger partial charge in [0.15, 0.2) is 5.96 Å². The number of carbonyl (C=O) groups is 1. The van der Waals surface area contributed by atoms with Gasteiger partial charge >= 0.3 is 0 Å². The van der Waals surface area contributed by atoms with Crippen LogP contribution in [0.25, 0.3) is 0 Å². The van der Waals surface area contributed by atoms with Crippen molar-refractivity contribution in [3.8, 4) is 0 Å². The molecule has 1 aromatic rings. The Bertz CT molecular complexity index is 687. The molecule has 27 heavy (non-hydrogen) atoms. The molecule has 1 saturated heterocycles. The summed E-state index contributed by atoms with van der Waals surface area (Å²) in [5, 5.41) is 6.31. The van der Waals surface area contributed by atoms with E-state index in [0.29, 0.717) is 12.3 Å². The second-order valence-corrected chi connectivity index (χ2v) is 7.81. The predicted molar refractivity (Wildman–Crippen MR) is 113 cm³/mol. The number of hydrogen-bond acceptors (Lipinski definition) is 2. The van der Waals surface area contributed by atoms with Gasteiger partial charge in [-0.15, -0.1) is 0 Å². The molecule has 0 radical (unpaired) electrons. The monoisotopic (exact) mass is 372 g/mol. The van der Waals surface area contributed by atoms with Gasteiger partial charge in [0.1, 0.15) is 0 Å². The highest BCUT2D eigenvalue weighted by Gasteiger charge is 2.23. The molecule has 0 saturated carbocycles. The molecule has 1 aliphatic heterocycles. The number of amides is 1. The quantitative estimate of drug-likeness (QED) is 0.631. The van der Waals surface area contributed by atoms with E-state index in [9.17, 15) is 4.79 Å². The van der Waals surface area contributed by atoms with Crippen LogP contribution >= 0.6 is 0 Å². The molecule has 2 rings (SSSR count). The molecule has 5 nitrogen and oxygen atoms in total. The second kappa shape index (κ2) is 9.25. The van der Waals surface area contributed by atoms with Crippen LogP contribution in [0.4, 0.5) is 0 Å². The molecule has 1 aliphatic rings. The lowest BCUT2D eigenvalue weighted by Gasteiger charge is -2.34. The van der Waals surface area contributed by atoms with E-state index >= 15 is 0 Å². The number of nitrogens with one attached hydrogen (secondary N) is 2. The van der Waals surface area contributed by atoms with Gasteiger partial charge in [-0.3, -0.25) is 9.79 Å². The van der Waals surface area contributed by atoms with E-state index in [-0.39, 0.29) is 5.91 Å². The first-order valence-electron chi connectivity index (χ1n) is 10.0. The molecule has 0 spiro atoms. The van der Waals surface area contributed by atoms with Crippen molar-refractivity contribution >= 4 is 11.9 Å². The van der Waals surface area contributed by atoms with Crippen molar-refractivity contribution in [2.75, 3.05) is 27.2 Å². The molecular weight excluding hydrogens is 336 g/mol. The number of guanidine groups is 1. The molecule has 0 bridgehead atoms. The van der Waals surface area contributed by atoms with Gasteiger partial charge in [0, 0.05) is 40.2 Å². The summed E-state index contributed by atoms with van der Waals surface area (Å²) in [6.45, 7) is 13.8. The summed E-state index contributed by atoms with van der Waals surface area (Å²) in [5.74, 6) is 1.58. The van der Waals surface area contributed by atoms with Gasteiger partial charge in [-0.1, -0.05) is 0 Å². The Hall–Kier alpha value is -2.04. The van der Waals surface area contributed by atoms with E-state index in [1.165, 1.54) is 33.4 Å². The molecule has 0 aliphatic carbocycles. The standard InChI is InChI=1S/C22H36N4O/c1-14-15(2)17(4)20(18(5)16(14)3)13-25-22(24-7)26-10-8-19(9-11-26)12-21(27)23-6/h19H,8-13H2,1-7H3,(H,23,27)(H,24,25). The highest BCUT2D eigenvalue weighted by Crippen LogP contribution is 2.26. The van der Waals surface area contributed by atoms with Crippen LogP contribution < -0.4 is 10.6 Å². The lowest BCUT2D eigenvalue weighted by Crippen LogP contribution is -2.45. The van der Waals surface area contributed by atoms with Crippen molar-refractivity contribution < 1.29 is 4.79 Å². The zero-order valence-electron chi connectivity index (χ0n) is 18.1. The molecule has 150 valence electrons. The highest BCUT2D eigenvalue weighted by molar-refractivity contribution is 5.80. The number of rotatable bonds is 4. The minimum absolute atomic E-state index is 0.145. The zero-order chi connectivity index (χ0) is 20.1. The predicted octanol–water partition coefficient (Wildman–Crippen LogP) is 3.15. The van der Waals surface area contributed by atoms with Crippen LogP contribution in [0, 0.1) is 40.5 Å². The van der Waals surface area contributed by atoms with Gasteiger partial charge in [-0.25, -0.2) is 0 Å². The molecule has 1 fully saturated rings. The Morgan fingerprint density at radius 3 is 2.00 bits per heavy atom. The number of carbonyl (C=O) groups excluding carboxylic acids is 1. The zero-order valence-corrected chi connectivity index (χ0v) is 18.1. The molecule has 1 heterocycles. The van der Waals surface area contributed by atoms with Crippen molar-refractivity contribution in [3.05, 3.63) is 33.4 Å². The Balaban J connectivity index is 2.01. The number of piperidine rings is 1. The third-order valence-electron chi connectivity index (χ3n) is 6.46. The third-order valence-corrected chi connectivity index (χ3v) is 6.46. The van der Waals surface area contributed by atoms with Gasteiger partial charge in [-0.2, -0.15) is 0 Å². The Morgan fingerprint density at radius 1 is 1.00 bits per heavy atom. The van der Waals surface area contributed by atoms with Gasteiger partial charge in [0.05, 0.1) is 0 Å². The molecule has 5 heteroatoms. The lowest BCUT2D eigenvalue weighted by molar-refractivity contribution is -0.121. The maximum absolute atomic E-state index is 11.6. The lowest BCUT2D eigenvalue weighted by atomic mass is 9.89. The maximum atomic E-state index is 11.6. The number of likely N-dealkylation sites (tertiary alicyclic amines) is 1. The first kappa shape index (κ1) is 21.3. The fourth-order valence-electron chi connectivity index (χ4n) is 4.06. The molecule has 1 amide bonds. The van der Waals surface area contributed by atoms with Gasteiger partial charge in [0.2, 0.25) is 5.91 Å². The van der Waals surface area contributed by atoms with Crippen molar-refractivity contribution in [3.63, 3.8) is 0 Å². The van der Waals surface area contributed by atoms with Crippen molar-refractivity contribution in [1.82, 2.24) is 15.5 Å². The van der Waals surface area contributed by atoms with Gasteiger partial charge in [-0.05, 0) is 86.8 Å². The summed E-state index contributed by atoms with van der Waals surface area (Å²) in [6, 6.07) is 0. The first-order valence-corrected chi connectivity index (χ1v) is 10.0. The minimum atomic E-state index is 0.145. The minimum Gasteiger partial charge on any atom is -0.359 e. The van der Waals surface area contributed by atoms with Crippen LogP contribution in [0.3, 0.4) is 0 Å². The van der Waals surface area contributed by atoms with Crippen LogP contribution in [0.5, 0.6) is 0 Å². The molecule has 2 N–H and O–H groups in total. The van der Waals surface area contributed by atoms with Gasteiger partial charge < -0.3 is 15.5 Å². The maximum Gasteiger partial charge on any atom is 0.220 e. The van der Waals surface area contributed by atoms with Crippen LogP contribution in [-0.4, -0.2) is 44.0 Å². The van der Waals surface area contributed by atoms with Crippen LogP contribution in [0.2, 0.25) is 0 Å². The smallest absolute Gasteiger partial charge is 0.220 e. The second-order valence-electron chi connectivity index (χ2n) is 7.81. The third kappa shape index (κ3) is 4.82. The fraction of sp³-hybridized carbons (Fsp3) is 0.636. The summed E-state index contributed by atoms with van der Waals surface area (Å²) >= 11 is 0. The summed E-state index contributed by atoms with van der Waals surface area (Å²) in [7, 11) is 3.56.